The minimum absolute atomic E-state index is 0.0973. The van der Waals surface area contributed by atoms with E-state index in [2.05, 4.69) is 18.0 Å². The number of barbiturate groups is 1. The molecule has 0 bridgehead atoms. The number of hydrogen-bond acceptors (Lipinski definition) is 6. The van der Waals surface area contributed by atoms with Crippen LogP contribution in [0.1, 0.15) is 34.9 Å². The number of nitrogens with one attached hydrogen (secondary N) is 1. The van der Waals surface area contributed by atoms with Gasteiger partial charge in [-0.1, -0.05) is 35.9 Å². The molecule has 0 atom stereocenters. The van der Waals surface area contributed by atoms with Gasteiger partial charge in [-0.15, -0.1) is 6.58 Å². The molecule has 0 radical (unpaired) electrons. The van der Waals surface area contributed by atoms with Crippen LogP contribution in [-0.2, 0) is 29.2 Å². The third kappa shape index (κ3) is 5.98. The van der Waals surface area contributed by atoms with Crippen LogP contribution >= 0.6 is 0 Å². The summed E-state index contributed by atoms with van der Waals surface area (Å²) in [7, 11) is 0. The quantitative estimate of drug-likeness (QED) is 0.240. The van der Waals surface area contributed by atoms with Crippen LogP contribution in [-0.4, -0.2) is 29.4 Å². The first-order valence-corrected chi connectivity index (χ1v) is 11.9. The van der Waals surface area contributed by atoms with Crippen LogP contribution in [0.15, 0.2) is 77.4 Å². The monoisotopic (exact) mass is 500 g/mol. The van der Waals surface area contributed by atoms with Crippen molar-refractivity contribution in [3.63, 3.8) is 0 Å². The number of carbonyl (C=O) groups is 3. The molecule has 1 N–H and O–H groups in total. The number of aryl methyl sites for hydroxylation is 1. The van der Waals surface area contributed by atoms with Crippen LogP contribution in [0.5, 0.6) is 11.5 Å². The van der Waals surface area contributed by atoms with E-state index < -0.39 is 17.8 Å². The van der Waals surface area contributed by atoms with Gasteiger partial charge in [0.15, 0.2) is 11.5 Å². The van der Waals surface area contributed by atoms with Crippen LogP contribution in [0.3, 0.4) is 0 Å². The van der Waals surface area contributed by atoms with E-state index in [9.17, 15) is 14.4 Å². The molecule has 2 aromatic carbocycles. The summed E-state index contributed by atoms with van der Waals surface area (Å²) in [6, 6.07) is 14.1. The summed E-state index contributed by atoms with van der Waals surface area (Å²) in [4.78, 5) is 39.0. The Balaban J connectivity index is 1.68. The fourth-order valence-electron chi connectivity index (χ4n) is 4.02. The topological polar surface area (TPSA) is 98.1 Å². The molecule has 0 spiro atoms. The van der Waals surface area contributed by atoms with Gasteiger partial charge < -0.3 is 13.9 Å². The lowest BCUT2D eigenvalue weighted by atomic mass is 10.0. The van der Waals surface area contributed by atoms with E-state index in [0.29, 0.717) is 42.5 Å². The predicted molar refractivity (Wildman–Crippen MR) is 138 cm³/mol. The summed E-state index contributed by atoms with van der Waals surface area (Å²) in [6.45, 7) is 8.36. The second kappa shape index (κ2) is 11.4. The van der Waals surface area contributed by atoms with Crippen molar-refractivity contribution >= 4 is 23.9 Å². The predicted octanol–water partition coefficient (Wildman–Crippen LogP) is 4.96. The summed E-state index contributed by atoms with van der Waals surface area (Å²) in [5.74, 6) is -0.0194. The van der Waals surface area contributed by atoms with Crippen molar-refractivity contribution in [3.8, 4) is 11.5 Å². The summed E-state index contributed by atoms with van der Waals surface area (Å²) >= 11 is 0. The third-order valence-electron chi connectivity index (χ3n) is 5.67. The Morgan fingerprint density at radius 1 is 1.08 bits per heavy atom. The summed E-state index contributed by atoms with van der Waals surface area (Å²) in [5.41, 5.74) is 3.31. The third-order valence-corrected chi connectivity index (χ3v) is 5.67. The first-order chi connectivity index (χ1) is 17.9. The molecule has 0 unspecified atom stereocenters. The number of rotatable bonds is 10. The number of urea groups is 1. The van der Waals surface area contributed by atoms with Gasteiger partial charge in [0.1, 0.15) is 17.9 Å². The number of hydrogen-bond donors (Lipinski definition) is 1. The Hall–Kier alpha value is -4.59. The molecule has 3 aromatic rings. The normalized spacial score (nSPS) is 14.6. The molecule has 0 saturated carbocycles. The fraction of sp³-hybridized carbons (Fsp3) is 0.207. The van der Waals surface area contributed by atoms with Crippen molar-refractivity contribution in [2.75, 3.05) is 6.61 Å². The van der Waals surface area contributed by atoms with E-state index in [-0.39, 0.29) is 12.1 Å². The molecule has 1 fully saturated rings. The van der Waals surface area contributed by atoms with Crippen molar-refractivity contribution in [2.24, 2.45) is 0 Å². The number of benzene rings is 2. The van der Waals surface area contributed by atoms with E-state index in [4.69, 9.17) is 13.9 Å². The average Bonchev–Trinajstić information content (AvgIpc) is 3.38. The lowest BCUT2D eigenvalue weighted by Gasteiger charge is -2.25. The smallest absolute Gasteiger partial charge is 0.331 e. The molecule has 1 aromatic heterocycles. The molecule has 2 heterocycles. The van der Waals surface area contributed by atoms with Gasteiger partial charge >= 0.3 is 6.03 Å². The van der Waals surface area contributed by atoms with E-state index in [1.165, 1.54) is 12.3 Å². The summed E-state index contributed by atoms with van der Waals surface area (Å²) in [6.07, 6.45) is 5.11. The molecule has 4 rings (SSSR count). The molecule has 37 heavy (non-hydrogen) atoms. The van der Waals surface area contributed by atoms with Gasteiger partial charge in [0.25, 0.3) is 11.8 Å². The minimum Gasteiger partial charge on any atom is -0.490 e. The van der Waals surface area contributed by atoms with Crippen LogP contribution in [0.4, 0.5) is 4.79 Å². The highest BCUT2D eigenvalue weighted by Gasteiger charge is 2.36. The molecular formula is C29H28N2O6. The Bertz CT molecular complexity index is 1360. The number of furan rings is 1. The zero-order chi connectivity index (χ0) is 26.4. The molecule has 190 valence electrons. The molecule has 8 nitrogen and oxygen atoms in total. The van der Waals surface area contributed by atoms with Crippen molar-refractivity contribution in [2.45, 2.75) is 33.4 Å². The molecular weight excluding hydrogens is 472 g/mol. The number of imide groups is 2. The fourth-order valence-corrected chi connectivity index (χ4v) is 4.02. The van der Waals surface area contributed by atoms with Gasteiger partial charge in [-0.25, -0.2) is 4.79 Å². The number of carbonyl (C=O) groups excluding carboxylic acids is 3. The van der Waals surface area contributed by atoms with Crippen LogP contribution < -0.4 is 14.8 Å². The average molecular weight is 501 g/mol. The largest absolute Gasteiger partial charge is 0.490 e. The van der Waals surface area contributed by atoms with E-state index in [1.54, 1.807) is 24.3 Å². The van der Waals surface area contributed by atoms with Gasteiger partial charge in [-0.05, 0) is 61.7 Å². The maximum atomic E-state index is 13.1. The minimum atomic E-state index is -0.800. The molecule has 1 aliphatic heterocycles. The SMILES string of the molecule is C=CCc1cc(/C=C2\C(=O)NC(=O)N(Cc3ccco3)C2=O)cc(OCC)c1OCc1cccc(C)c1. The maximum absolute atomic E-state index is 13.1. The highest BCUT2D eigenvalue weighted by Crippen LogP contribution is 2.35. The van der Waals surface area contributed by atoms with Gasteiger partial charge in [-0.3, -0.25) is 19.8 Å². The molecule has 8 heteroatoms. The highest BCUT2D eigenvalue weighted by atomic mass is 16.5. The molecule has 4 amide bonds. The summed E-state index contributed by atoms with van der Waals surface area (Å²) < 4.78 is 17.3. The van der Waals surface area contributed by atoms with Crippen molar-refractivity contribution < 1.29 is 28.3 Å². The van der Waals surface area contributed by atoms with Gasteiger partial charge in [-0.2, -0.15) is 0 Å². The molecule has 1 aliphatic rings. The number of allylic oxidation sites excluding steroid dienone is 1. The van der Waals surface area contributed by atoms with Gasteiger partial charge in [0.05, 0.1) is 19.4 Å². The summed E-state index contributed by atoms with van der Waals surface area (Å²) in [5, 5.41) is 2.22. The first kappa shape index (κ1) is 25.5. The second-order valence-electron chi connectivity index (χ2n) is 8.50. The zero-order valence-electron chi connectivity index (χ0n) is 20.8. The Morgan fingerprint density at radius 2 is 1.92 bits per heavy atom. The van der Waals surface area contributed by atoms with Crippen LogP contribution in [0.2, 0.25) is 0 Å². The van der Waals surface area contributed by atoms with Gasteiger partial charge in [0, 0.05) is 5.56 Å². The van der Waals surface area contributed by atoms with Crippen LogP contribution in [0.25, 0.3) is 6.08 Å². The maximum Gasteiger partial charge on any atom is 0.331 e. The van der Waals surface area contributed by atoms with Gasteiger partial charge in [0.2, 0.25) is 0 Å². The Kier molecular flexibility index (Phi) is 7.88. The lowest BCUT2D eigenvalue weighted by Crippen LogP contribution is -2.53. The first-order valence-electron chi connectivity index (χ1n) is 11.9. The number of ether oxygens (including phenoxy) is 2. The standard InChI is InChI=1S/C29H28N2O6/c1-4-8-22-14-21(16-25(35-5-2)26(22)37-18-20-10-6-9-19(3)13-20)15-24-27(32)30-29(34)31(28(24)33)17-23-11-7-12-36-23/h4,6-7,9-16H,1,5,8,17-18H2,2-3H3,(H,30,32,34)/b24-15+. The zero-order valence-corrected chi connectivity index (χ0v) is 20.8. The van der Waals surface area contributed by atoms with E-state index >= 15 is 0 Å². The number of amides is 4. The van der Waals surface area contributed by atoms with Crippen molar-refractivity contribution in [1.82, 2.24) is 10.2 Å². The lowest BCUT2D eigenvalue weighted by molar-refractivity contribution is -0.130. The Morgan fingerprint density at radius 3 is 2.62 bits per heavy atom. The highest BCUT2D eigenvalue weighted by molar-refractivity contribution is 6.30. The molecule has 1 saturated heterocycles. The molecule has 0 aliphatic carbocycles. The Labute approximate surface area is 215 Å². The van der Waals surface area contributed by atoms with Crippen molar-refractivity contribution in [3.05, 3.63) is 101 Å². The van der Waals surface area contributed by atoms with Crippen LogP contribution in [0, 0.1) is 6.92 Å². The van der Waals surface area contributed by atoms with Crippen molar-refractivity contribution in [1.29, 1.82) is 0 Å². The van der Waals surface area contributed by atoms with E-state index in [1.807, 2.05) is 38.1 Å². The number of nitrogens with zero attached hydrogens (tertiary/aromatic N) is 1. The van der Waals surface area contributed by atoms with E-state index in [0.717, 1.165) is 21.6 Å². The second-order valence-corrected chi connectivity index (χ2v) is 8.50.